The number of hydrogen-bond donors (Lipinski definition) is 2. The Labute approximate surface area is 112 Å². The number of nitrogens with two attached hydrogens (primary N) is 1. The molecule has 0 aliphatic heterocycles. The molecular formula is C12H17ClN4O. The molecule has 0 saturated heterocycles. The van der Waals surface area contributed by atoms with E-state index in [2.05, 4.69) is 10.3 Å². The van der Waals surface area contributed by atoms with Gasteiger partial charge in [-0.2, -0.15) is 0 Å². The minimum atomic E-state index is -0.628. The van der Waals surface area contributed by atoms with Gasteiger partial charge in [-0.3, -0.25) is 0 Å². The third-order valence-electron chi connectivity index (χ3n) is 2.65. The molecule has 1 aromatic carbocycles. The number of hydrogen-bond acceptors (Lipinski definition) is 4. The van der Waals surface area contributed by atoms with E-state index in [-0.39, 0.29) is 18.4 Å². The van der Waals surface area contributed by atoms with Gasteiger partial charge in [0.2, 0.25) is 0 Å². The Morgan fingerprint density at radius 1 is 1.28 bits per heavy atom. The number of rotatable bonds is 5. The van der Waals surface area contributed by atoms with Crippen molar-refractivity contribution in [2.45, 2.75) is 25.1 Å². The molecule has 0 fully saturated rings. The number of halogens is 1. The van der Waals surface area contributed by atoms with Gasteiger partial charge >= 0.3 is 0 Å². The molecule has 2 aromatic rings. The van der Waals surface area contributed by atoms with Crippen molar-refractivity contribution in [2.75, 3.05) is 0 Å². The van der Waals surface area contributed by atoms with E-state index >= 15 is 0 Å². The molecule has 0 aliphatic rings. The lowest BCUT2D eigenvalue weighted by atomic mass is 10.0. The summed E-state index contributed by atoms with van der Waals surface area (Å²) in [6.45, 7) is 0.369. The molecular weight excluding hydrogens is 252 g/mol. The minimum Gasteiger partial charge on any atom is -0.390 e. The van der Waals surface area contributed by atoms with Crippen LogP contribution >= 0.6 is 12.4 Å². The Bertz CT molecular complexity index is 435. The highest BCUT2D eigenvalue weighted by atomic mass is 35.5. The lowest BCUT2D eigenvalue weighted by Gasteiger charge is -2.18. The van der Waals surface area contributed by atoms with Crippen LogP contribution in [0.4, 0.5) is 0 Å². The van der Waals surface area contributed by atoms with Gasteiger partial charge in [0.1, 0.15) is 0 Å². The molecule has 2 rings (SSSR count). The molecule has 0 radical (unpaired) electrons. The van der Waals surface area contributed by atoms with Gasteiger partial charge in [0.15, 0.2) is 0 Å². The molecule has 0 amide bonds. The Morgan fingerprint density at radius 3 is 2.61 bits per heavy atom. The monoisotopic (exact) mass is 268 g/mol. The van der Waals surface area contributed by atoms with E-state index in [1.165, 1.54) is 0 Å². The topological polar surface area (TPSA) is 77.0 Å². The summed E-state index contributed by atoms with van der Waals surface area (Å²) in [5.74, 6) is 0. The zero-order valence-electron chi connectivity index (χ0n) is 9.88. The summed E-state index contributed by atoms with van der Waals surface area (Å²) >= 11 is 0. The Morgan fingerprint density at radius 2 is 2.00 bits per heavy atom. The van der Waals surface area contributed by atoms with E-state index < -0.39 is 6.10 Å². The predicted octanol–water partition coefficient (Wildman–Crippen LogP) is 0.631. The maximum atomic E-state index is 9.94. The van der Waals surface area contributed by atoms with Crippen molar-refractivity contribution >= 4 is 12.4 Å². The normalized spacial score (nSPS) is 13.7. The van der Waals surface area contributed by atoms with Crippen molar-refractivity contribution in [3.05, 3.63) is 48.3 Å². The smallest absolute Gasteiger partial charge is 0.0890 e. The van der Waals surface area contributed by atoms with Crippen LogP contribution in [-0.4, -0.2) is 32.2 Å². The van der Waals surface area contributed by atoms with Gasteiger partial charge in [-0.25, -0.2) is 4.68 Å². The molecule has 3 N–H and O–H groups in total. The highest BCUT2D eigenvalue weighted by molar-refractivity contribution is 5.85. The van der Waals surface area contributed by atoms with Gasteiger partial charge in [0.25, 0.3) is 0 Å². The first-order chi connectivity index (χ1) is 8.25. The number of aliphatic hydroxyl groups excluding tert-OH is 1. The molecule has 0 unspecified atom stereocenters. The molecule has 2 atom stereocenters. The second-order valence-corrected chi connectivity index (χ2v) is 4.05. The van der Waals surface area contributed by atoms with E-state index in [0.717, 1.165) is 5.56 Å². The Kier molecular flexibility index (Phi) is 5.77. The first kappa shape index (κ1) is 14.6. The molecule has 0 spiro atoms. The summed E-state index contributed by atoms with van der Waals surface area (Å²) in [6.07, 6.45) is 3.31. The molecule has 0 bridgehead atoms. The fourth-order valence-corrected chi connectivity index (χ4v) is 1.68. The highest BCUT2D eigenvalue weighted by Crippen LogP contribution is 2.05. The number of aromatic nitrogens is 3. The van der Waals surface area contributed by atoms with Gasteiger partial charge in [0.05, 0.1) is 18.8 Å². The van der Waals surface area contributed by atoms with Crippen LogP contribution in [0.3, 0.4) is 0 Å². The third-order valence-corrected chi connectivity index (χ3v) is 2.65. The van der Waals surface area contributed by atoms with E-state index in [4.69, 9.17) is 5.73 Å². The van der Waals surface area contributed by atoms with Crippen LogP contribution in [0.2, 0.25) is 0 Å². The van der Waals surface area contributed by atoms with E-state index in [0.29, 0.717) is 13.0 Å². The van der Waals surface area contributed by atoms with Gasteiger partial charge < -0.3 is 10.8 Å². The fraction of sp³-hybridized carbons (Fsp3) is 0.333. The first-order valence-electron chi connectivity index (χ1n) is 5.57. The maximum Gasteiger partial charge on any atom is 0.0890 e. The predicted molar refractivity (Wildman–Crippen MR) is 71.4 cm³/mol. The minimum absolute atomic E-state index is 0. The van der Waals surface area contributed by atoms with Crippen LogP contribution in [-0.2, 0) is 13.0 Å². The van der Waals surface area contributed by atoms with Crippen molar-refractivity contribution < 1.29 is 5.11 Å². The van der Waals surface area contributed by atoms with E-state index in [1.807, 2.05) is 30.3 Å². The average molecular weight is 269 g/mol. The lowest BCUT2D eigenvalue weighted by Crippen LogP contribution is -2.39. The first-order valence-corrected chi connectivity index (χ1v) is 5.57. The molecule has 1 aromatic heterocycles. The van der Waals surface area contributed by atoms with Crippen molar-refractivity contribution in [1.29, 1.82) is 0 Å². The lowest BCUT2D eigenvalue weighted by molar-refractivity contribution is 0.120. The summed E-state index contributed by atoms with van der Waals surface area (Å²) < 4.78 is 1.58. The number of nitrogens with zero attached hydrogens (tertiary/aromatic N) is 3. The average Bonchev–Trinajstić information content (AvgIpc) is 2.83. The second-order valence-electron chi connectivity index (χ2n) is 4.05. The Balaban J connectivity index is 0.00000162. The molecule has 6 heteroatoms. The van der Waals surface area contributed by atoms with Gasteiger partial charge in [-0.05, 0) is 12.0 Å². The summed E-state index contributed by atoms with van der Waals surface area (Å²) in [4.78, 5) is 0. The molecule has 0 saturated carbocycles. The summed E-state index contributed by atoms with van der Waals surface area (Å²) in [5.41, 5.74) is 7.08. The van der Waals surface area contributed by atoms with Crippen molar-refractivity contribution in [3.8, 4) is 0 Å². The molecule has 0 aliphatic carbocycles. The quantitative estimate of drug-likeness (QED) is 0.834. The molecule has 1 heterocycles. The molecule has 5 nitrogen and oxygen atoms in total. The van der Waals surface area contributed by atoms with Gasteiger partial charge in [-0.15, -0.1) is 17.5 Å². The van der Waals surface area contributed by atoms with Crippen LogP contribution in [0.25, 0.3) is 0 Å². The molecule has 98 valence electrons. The number of aliphatic hydroxyl groups is 1. The van der Waals surface area contributed by atoms with Crippen LogP contribution in [0.1, 0.15) is 5.56 Å². The number of benzene rings is 1. The SMILES string of the molecule is Cl.N[C@H](Cc1ccccc1)[C@@H](O)Cn1ccnn1. The van der Waals surface area contributed by atoms with Crippen molar-refractivity contribution in [2.24, 2.45) is 5.73 Å². The van der Waals surface area contributed by atoms with Crippen LogP contribution < -0.4 is 5.73 Å². The van der Waals surface area contributed by atoms with E-state index in [1.54, 1.807) is 17.1 Å². The zero-order valence-corrected chi connectivity index (χ0v) is 10.7. The maximum absolute atomic E-state index is 9.94. The fourth-order valence-electron chi connectivity index (χ4n) is 1.68. The summed E-state index contributed by atoms with van der Waals surface area (Å²) in [6, 6.07) is 9.59. The van der Waals surface area contributed by atoms with Gasteiger partial charge in [-0.1, -0.05) is 35.5 Å². The van der Waals surface area contributed by atoms with Crippen molar-refractivity contribution in [1.82, 2.24) is 15.0 Å². The molecule has 18 heavy (non-hydrogen) atoms. The zero-order chi connectivity index (χ0) is 12.1. The van der Waals surface area contributed by atoms with Gasteiger partial charge in [0, 0.05) is 12.2 Å². The standard InChI is InChI=1S/C12H16N4O.ClH/c13-11(8-10-4-2-1-3-5-10)12(17)9-16-7-6-14-15-16;/h1-7,11-12,17H,8-9,13H2;1H/t11-,12+;/m1./s1. The third kappa shape index (κ3) is 4.10. The highest BCUT2D eigenvalue weighted by Gasteiger charge is 2.16. The van der Waals surface area contributed by atoms with Crippen molar-refractivity contribution in [3.63, 3.8) is 0 Å². The summed E-state index contributed by atoms with van der Waals surface area (Å²) in [5, 5.41) is 17.4. The largest absolute Gasteiger partial charge is 0.390 e. The Hall–Kier alpha value is -1.43. The van der Waals surface area contributed by atoms with Crippen LogP contribution in [0.5, 0.6) is 0 Å². The van der Waals surface area contributed by atoms with Crippen LogP contribution in [0, 0.1) is 0 Å². The summed E-state index contributed by atoms with van der Waals surface area (Å²) in [7, 11) is 0. The van der Waals surface area contributed by atoms with Crippen LogP contribution in [0.15, 0.2) is 42.7 Å². The van der Waals surface area contributed by atoms with E-state index in [9.17, 15) is 5.11 Å². The second kappa shape index (κ2) is 7.10.